The van der Waals surface area contributed by atoms with Gasteiger partial charge in [-0.2, -0.15) is 0 Å². The van der Waals surface area contributed by atoms with Gasteiger partial charge in [-0.05, 0) is 17.7 Å². The lowest BCUT2D eigenvalue weighted by atomic mass is 10.2. The fourth-order valence-corrected chi connectivity index (χ4v) is 0.928. The molecule has 1 aromatic heterocycles. The number of rotatable bonds is 2. The second kappa shape index (κ2) is 3.52. The van der Waals surface area contributed by atoms with Crippen molar-refractivity contribution >= 4 is 21.5 Å². The molecule has 0 atom stereocenters. The van der Waals surface area contributed by atoms with Crippen LogP contribution < -0.4 is 0 Å². The number of allylic oxidation sites excluding steroid dienone is 1. The fraction of sp³-hybridized carbons (Fsp3) is 0.125. The van der Waals surface area contributed by atoms with Crippen LogP contribution in [0, 0.1) is 0 Å². The van der Waals surface area contributed by atoms with Gasteiger partial charge >= 0.3 is 0 Å². The normalized spacial score (nSPS) is 9.30. The van der Waals surface area contributed by atoms with Crippen molar-refractivity contribution in [1.29, 1.82) is 0 Å². The lowest BCUT2D eigenvalue weighted by molar-refractivity contribution is 1.27. The lowest BCUT2D eigenvalue weighted by Crippen LogP contribution is -1.85. The van der Waals surface area contributed by atoms with E-state index in [1.807, 2.05) is 18.2 Å². The van der Waals surface area contributed by atoms with Crippen molar-refractivity contribution in [3.63, 3.8) is 0 Å². The van der Waals surface area contributed by atoms with E-state index >= 15 is 0 Å². The van der Waals surface area contributed by atoms with Crippen LogP contribution in [0.25, 0.3) is 5.57 Å². The highest BCUT2D eigenvalue weighted by molar-refractivity contribution is 9.09. The van der Waals surface area contributed by atoms with Crippen LogP contribution in [0.3, 0.4) is 0 Å². The molecule has 1 rings (SSSR count). The van der Waals surface area contributed by atoms with Crippen molar-refractivity contribution in [2.24, 2.45) is 0 Å². The van der Waals surface area contributed by atoms with E-state index < -0.39 is 0 Å². The highest BCUT2D eigenvalue weighted by atomic mass is 79.9. The summed E-state index contributed by atoms with van der Waals surface area (Å²) < 4.78 is 0. The molecule has 0 saturated carbocycles. The van der Waals surface area contributed by atoms with Crippen molar-refractivity contribution in [3.05, 3.63) is 36.7 Å². The van der Waals surface area contributed by atoms with Crippen molar-refractivity contribution in [1.82, 2.24) is 4.98 Å². The van der Waals surface area contributed by atoms with Crippen molar-refractivity contribution in [2.75, 3.05) is 5.33 Å². The third-order valence-electron chi connectivity index (χ3n) is 1.19. The van der Waals surface area contributed by atoms with Crippen molar-refractivity contribution < 1.29 is 0 Å². The maximum absolute atomic E-state index is 4.12. The maximum Gasteiger partial charge on any atom is 0.0664 e. The van der Waals surface area contributed by atoms with E-state index in [4.69, 9.17) is 0 Å². The van der Waals surface area contributed by atoms with Gasteiger partial charge in [0.25, 0.3) is 0 Å². The average molecular weight is 198 g/mol. The smallest absolute Gasteiger partial charge is 0.0664 e. The summed E-state index contributed by atoms with van der Waals surface area (Å²) in [4.78, 5) is 4.12. The van der Waals surface area contributed by atoms with Crippen LogP contribution in [0.2, 0.25) is 0 Å². The van der Waals surface area contributed by atoms with Crippen LogP contribution in [0.15, 0.2) is 31.0 Å². The Morgan fingerprint density at radius 2 is 2.40 bits per heavy atom. The molecule has 1 heterocycles. The summed E-state index contributed by atoms with van der Waals surface area (Å²) in [6.45, 7) is 3.83. The Hall–Kier alpha value is -0.630. The molecule has 1 nitrogen and oxygen atoms in total. The highest BCUT2D eigenvalue weighted by Gasteiger charge is 1.94. The first-order valence-corrected chi connectivity index (χ1v) is 4.12. The second-order valence-electron chi connectivity index (χ2n) is 1.95. The first-order chi connectivity index (χ1) is 4.84. The topological polar surface area (TPSA) is 12.9 Å². The molecule has 0 spiro atoms. The van der Waals surface area contributed by atoms with E-state index in [2.05, 4.69) is 27.5 Å². The number of nitrogens with zero attached hydrogens (tertiary/aromatic N) is 1. The summed E-state index contributed by atoms with van der Waals surface area (Å²) in [5, 5.41) is 0.782. The van der Waals surface area contributed by atoms with Gasteiger partial charge in [0, 0.05) is 11.5 Å². The Morgan fingerprint density at radius 3 is 2.90 bits per heavy atom. The molecule has 0 radical (unpaired) electrons. The van der Waals surface area contributed by atoms with E-state index in [0.29, 0.717) is 0 Å². The van der Waals surface area contributed by atoms with E-state index in [9.17, 15) is 0 Å². The van der Waals surface area contributed by atoms with E-state index in [0.717, 1.165) is 16.6 Å². The maximum atomic E-state index is 4.12. The zero-order valence-corrected chi connectivity index (χ0v) is 7.13. The number of halogens is 1. The van der Waals surface area contributed by atoms with Gasteiger partial charge in [-0.1, -0.05) is 28.6 Å². The minimum absolute atomic E-state index is 0.782. The highest BCUT2D eigenvalue weighted by Crippen LogP contribution is 2.09. The van der Waals surface area contributed by atoms with Crippen molar-refractivity contribution in [3.8, 4) is 0 Å². The Bertz CT molecular complexity index is 218. The third-order valence-corrected chi connectivity index (χ3v) is 1.87. The van der Waals surface area contributed by atoms with Crippen LogP contribution in [0.5, 0.6) is 0 Å². The Balaban J connectivity index is 2.85. The van der Waals surface area contributed by atoms with Gasteiger partial charge in [0.05, 0.1) is 5.69 Å². The number of hydrogen-bond acceptors (Lipinski definition) is 1. The molecule has 0 N–H and O–H groups in total. The molecule has 0 aliphatic heterocycles. The first-order valence-electron chi connectivity index (χ1n) is 2.99. The summed E-state index contributed by atoms with van der Waals surface area (Å²) in [6, 6.07) is 5.80. The monoisotopic (exact) mass is 197 g/mol. The predicted molar refractivity (Wildman–Crippen MR) is 47.1 cm³/mol. The summed E-state index contributed by atoms with van der Waals surface area (Å²) in [5.41, 5.74) is 1.97. The number of alkyl halides is 1. The lowest BCUT2D eigenvalue weighted by Gasteiger charge is -1.97. The third kappa shape index (κ3) is 1.67. The van der Waals surface area contributed by atoms with Crippen molar-refractivity contribution in [2.45, 2.75) is 0 Å². The molecule has 0 bridgehead atoms. The molecule has 2 heteroatoms. The SMILES string of the molecule is C=C(CBr)c1ccccn1. The molecule has 1 aromatic rings. The van der Waals surface area contributed by atoms with Crippen LogP contribution in [0.1, 0.15) is 5.69 Å². The van der Waals surface area contributed by atoms with Crippen LogP contribution in [0.4, 0.5) is 0 Å². The summed E-state index contributed by atoms with van der Waals surface area (Å²) in [7, 11) is 0. The molecular weight excluding hydrogens is 190 g/mol. The summed E-state index contributed by atoms with van der Waals surface area (Å²) >= 11 is 3.31. The zero-order valence-electron chi connectivity index (χ0n) is 5.55. The number of hydrogen-bond donors (Lipinski definition) is 0. The first kappa shape index (κ1) is 7.48. The Morgan fingerprint density at radius 1 is 1.60 bits per heavy atom. The van der Waals surface area contributed by atoms with Crippen LogP contribution in [-0.4, -0.2) is 10.3 Å². The van der Waals surface area contributed by atoms with Gasteiger partial charge in [-0.3, -0.25) is 4.98 Å². The quantitative estimate of drug-likeness (QED) is 0.665. The molecule has 0 saturated heterocycles. The van der Waals surface area contributed by atoms with E-state index in [1.165, 1.54) is 0 Å². The van der Waals surface area contributed by atoms with E-state index in [1.54, 1.807) is 6.20 Å². The Labute approximate surface area is 68.9 Å². The van der Waals surface area contributed by atoms with Crippen LogP contribution in [-0.2, 0) is 0 Å². The van der Waals surface area contributed by atoms with Gasteiger partial charge in [-0.15, -0.1) is 0 Å². The fourth-order valence-electron chi connectivity index (χ4n) is 0.640. The van der Waals surface area contributed by atoms with Gasteiger partial charge in [0.2, 0.25) is 0 Å². The van der Waals surface area contributed by atoms with Crippen LogP contribution >= 0.6 is 15.9 Å². The van der Waals surface area contributed by atoms with Gasteiger partial charge < -0.3 is 0 Å². The van der Waals surface area contributed by atoms with E-state index in [-0.39, 0.29) is 0 Å². The molecule has 0 amide bonds. The predicted octanol–water partition coefficient (Wildman–Crippen LogP) is 2.49. The molecule has 0 fully saturated rings. The molecule has 0 aliphatic rings. The Kier molecular flexibility index (Phi) is 2.63. The zero-order chi connectivity index (χ0) is 7.40. The minimum Gasteiger partial charge on any atom is -0.257 e. The molecule has 10 heavy (non-hydrogen) atoms. The summed E-state index contributed by atoms with van der Waals surface area (Å²) in [5.74, 6) is 0. The molecular formula is C8H8BrN. The van der Waals surface area contributed by atoms with Gasteiger partial charge in [0.1, 0.15) is 0 Å². The number of aromatic nitrogens is 1. The minimum atomic E-state index is 0.782. The standard InChI is InChI=1S/C8H8BrN/c1-7(6-9)8-4-2-3-5-10-8/h2-5H,1,6H2. The molecule has 0 aliphatic carbocycles. The average Bonchev–Trinajstić information content (AvgIpc) is 2.05. The second-order valence-corrected chi connectivity index (χ2v) is 2.51. The molecule has 0 aromatic carbocycles. The molecule has 52 valence electrons. The number of pyridine rings is 1. The molecule has 0 unspecified atom stereocenters. The summed E-state index contributed by atoms with van der Waals surface area (Å²) in [6.07, 6.45) is 1.77. The van der Waals surface area contributed by atoms with Gasteiger partial charge in [-0.25, -0.2) is 0 Å². The largest absolute Gasteiger partial charge is 0.257 e. The van der Waals surface area contributed by atoms with Gasteiger partial charge in [0.15, 0.2) is 0 Å².